The standard InChI is InChI=1S/C15H13BrN2/c16-13-5-3-6-14(17)12(13)10-18-9-8-11-4-1-2-7-15(11)18/h1-9H,10,17H2. The van der Waals surface area contributed by atoms with E-state index in [0.717, 1.165) is 22.3 Å². The van der Waals surface area contributed by atoms with Crippen molar-refractivity contribution in [2.75, 3.05) is 5.73 Å². The van der Waals surface area contributed by atoms with E-state index >= 15 is 0 Å². The third-order valence-electron chi connectivity index (χ3n) is 3.16. The Morgan fingerprint density at radius 1 is 1.00 bits per heavy atom. The van der Waals surface area contributed by atoms with Crippen LogP contribution in [0.4, 0.5) is 5.69 Å². The third-order valence-corrected chi connectivity index (χ3v) is 3.91. The van der Waals surface area contributed by atoms with E-state index in [0.29, 0.717) is 0 Å². The zero-order valence-corrected chi connectivity index (χ0v) is 11.4. The zero-order chi connectivity index (χ0) is 12.5. The number of halogens is 1. The molecule has 0 atom stereocenters. The Kier molecular flexibility index (Phi) is 2.84. The normalized spacial score (nSPS) is 10.9. The van der Waals surface area contributed by atoms with Crippen molar-refractivity contribution in [2.45, 2.75) is 6.54 Å². The third kappa shape index (κ3) is 1.91. The number of rotatable bonds is 2. The molecule has 1 aromatic heterocycles. The van der Waals surface area contributed by atoms with Crippen LogP contribution in [-0.4, -0.2) is 4.57 Å². The average molecular weight is 301 g/mol. The molecule has 0 unspecified atom stereocenters. The molecule has 0 radical (unpaired) electrons. The lowest BCUT2D eigenvalue weighted by Gasteiger charge is -2.10. The molecule has 2 nitrogen and oxygen atoms in total. The fraction of sp³-hybridized carbons (Fsp3) is 0.0667. The number of nitrogen functional groups attached to an aromatic ring is 1. The van der Waals surface area contributed by atoms with Gasteiger partial charge in [-0.1, -0.05) is 40.2 Å². The van der Waals surface area contributed by atoms with Crippen LogP contribution in [0.25, 0.3) is 10.9 Å². The fourth-order valence-corrected chi connectivity index (χ4v) is 2.70. The first-order chi connectivity index (χ1) is 8.75. The summed E-state index contributed by atoms with van der Waals surface area (Å²) in [6.45, 7) is 0.779. The van der Waals surface area contributed by atoms with Crippen LogP contribution in [0, 0.1) is 0 Å². The molecular formula is C15H13BrN2. The maximum absolute atomic E-state index is 6.04. The summed E-state index contributed by atoms with van der Waals surface area (Å²) in [5, 5.41) is 1.25. The van der Waals surface area contributed by atoms with E-state index in [4.69, 9.17) is 5.73 Å². The second kappa shape index (κ2) is 4.50. The smallest absolute Gasteiger partial charge is 0.0507 e. The van der Waals surface area contributed by atoms with E-state index in [2.05, 4.69) is 57.0 Å². The van der Waals surface area contributed by atoms with Gasteiger partial charge in [0.25, 0.3) is 0 Å². The van der Waals surface area contributed by atoms with Gasteiger partial charge in [-0.25, -0.2) is 0 Å². The van der Waals surface area contributed by atoms with Crippen molar-refractivity contribution in [3.63, 3.8) is 0 Å². The van der Waals surface area contributed by atoms with Gasteiger partial charge in [0.15, 0.2) is 0 Å². The molecule has 1 heterocycles. The summed E-state index contributed by atoms with van der Waals surface area (Å²) in [5.74, 6) is 0. The van der Waals surface area contributed by atoms with Gasteiger partial charge in [0.1, 0.15) is 0 Å². The van der Waals surface area contributed by atoms with Crippen LogP contribution in [0.1, 0.15) is 5.56 Å². The number of nitrogens with zero attached hydrogens (tertiary/aromatic N) is 1. The molecule has 0 saturated heterocycles. The lowest BCUT2D eigenvalue weighted by atomic mass is 10.2. The molecule has 0 fully saturated rings. The Hall–Kier alpha value is -1.74. The molecule has 90 valence electrons. The molecule has 0 bridgehead atoms. The summed E-state index contributed by atoms with van der Waals surface area (Å²) >= 11 is 3.56. The number of aromatic nitrogens is 1. The molecule has 0 saturated carbocycles. The predicted molar refractivity (Wildman–Crippen MR) is 79.6 cm³/mol. The minimum atomic E-state index is 0.779. The van der Waals surface area contributed by atoms with Gasteiger partial charge in [-0.2, -0.15) is 0 Å². The van der Waals surface area contributed by atoms with Gasteiger partial charge in [0.05, 0.1) is 6.54 Å². The monoisotopic (exact) mass is 300 g/mol. The van der Waals surface area contributed by atoms with Gasteiger partial charge in [-0.3, -0.25) is 0 Å². The Bertz CT molecular complexity index is 680. The molecule has 0 aliphatic heterocycles. The average Bonchev–Trinajstić information content (AvgIpc) is 2.77. The van der Waals surface area contributed by atoms with Gasteiger partial charge in [0.2, 0.25) is 0 Å². The summed E-state index contributed by atoms with van der Waals surface area (Å²) in [4.78, 5) is 0. The highest BCUT2D eigenvalue weighted by Gasteiger charge is 2.06. The van der Waals surface area contributed by atoms with Gasteiger partial charge >= 0.3 is 0 Å². The van der Waals surface area contributed by atoms with Crippen LogP contribution in [0.5, 0.6) is 0 Å². The van der Waals surface area contributed by atoms with E-state index in [1.165, 1.54) is 10.9 Å². The lowest BCUT2D eigenvalue weighted by molar-refractivity contribution is 0.835. The van der Waals surface area contributed by atoms with Crippen molar-refractivity contribution in [2.24, 2.45) is 0 Å². The van der Waals surface area contributed by atoms with E-state index in [1.54, 1.807) is 0 Å². The highest BCUT2D eigenvalue weighted by molar-refractivity contribution is 9.10. The van der Waals surface area contributed by atoms with Crippen molar-refractivity contribution in [3.8, 4) is 0 Å². The molecule has 0 amide bonds. The van der Waals surface area contributed by atoms with Gasteiger partial charge in [0, 0.05) is 27.4 Å². The van der Waals surface area contributed by atoms with E-state index < -0.39 is 0 Å². The van der Waals surface area contributed by atoms with Crippen molar-refractivity contribution in [1.29, 1.82) is 0 Å². The zero-order valence-electron chi connectivity index (χ0n) is 9.81. The number of anilines is 1. The van der Waals surface area contributed by atoms with Crippen LogP contribution in [0.15, 0.2) is 59.2 Å². The molecule has 3 aromatic rings. The van der Waals surface area contributed by atoms with Crippen LogP contribution < -0.4 is 5.73 Å². The molecule has 0 spiro atoms. The molecule has 2 aromatic carbocycles. The second-order valence-corrected chi connectivity index (χ2v) is 5.16. The van der Waals surface area contributed by atoms with E-state index in [-0.39, 0.29) is 0 Å². The maximum Gasteiger partial charge on any atom is 0.0507 e. The van der Waals surface area contributed by atoms with E-state index in [9.17, 15) is 0 Å². The second-order valence-electron chi connectivity index (χ2n) is 4.31. The number of para-hydroxylation sites is 1. The van der Waals surface area contributed by atoms with Crippen molar-refractivity contribution < 1.29 is 0 Å². The summed E-state index contributed by atoms with van der Waals surface area (Å²) in [6.07, 6.45) is 2.10. The largest absolute Gasteiger partial charge is 0.398 e. The van der Waals surface area contributed by atoms with Crippen LogP contribution in [0.2, 0.25) is 0 Å². The van der Waals surface area contributed by atoms with Crippen molar-refractivity contribution >= 4 is 32.5 Å². The number of fused-ring (bicyclic) bond motifs is 1. The van der Waals surface area contributed by atoms with Crippen molar-refractivity contribution in [1.82, 2.24) is 4.57 Å². The van der Waals surface area contributed by atoms with Gasteiger partial charge in [-0.15, -0.1) is 0 Å². The summed E-state index contributed by atoms with van der Waals surface area (Å²) in [6, 6.07) is 16.4. The fourth-order valence-electron chi connectivity index (χ4n) is 2.19. The predicted octanol–water partition coefficient (Wildman–Crippen LogP) is 4.03. The van der Waals surface area contributed by atoms with Crippen molar-refractivity contribution in [3.05, 3.63) is 64.8 Å². The number of benzene rings is 2. The summed E-state index contributed by atoms with van der Waals surface area (Å²) in [5.41, 5.74) is 9.21. The highest BCUT2D eigenvalue weighted by atomic mass is 79.9. The molecular weight excluding hydrogens is 288 g/mol. The summed E-state index contributed by atoms with van der Waals surface area (Å²) in [7, 11) is 0. The first-order valence-electron chi connectivity index (χ1n) is 5.82. The Morgan fingerprint density at radius 2 is 1.83 bits per heavy atom. The van der Waals surface area contributed by atoms with Crippen LogP contribution in [-0.2, 0) is 6.54 Å². The minimum Gasteiger partial charge on any atom is -0.398 e. The van der Waals surface area contributed by atoms with Crippen LogP contribution in [0.3, 0.4) is 0 Å². The molecule has 3 heteroatoms. The topological polar surface area (TPSA) is 30.9 Å². The Balaban J connectivity index is 2.07. The lowest BCUT2D eigenvalue weighted by Crippen LogP contribution is -2.02. The molecule has 0 aliphatic carbocycles. The summed E-state index contributed by atoms with van der Waals surface area (Å²) < 4.78 is 3.27. The van der Waals surface area contributed by atoms with Crippen LogP contribution >= 0.6 is 15.9 Å². The quantitative estimate of drug-likeness (QED) is 0.712. The number of hydrogen-bond donors (Lipinski definition) is 1. The molecule has 18 heavy (non-hydrogen) atoms. The van der Waals surface area contributed by atoms with Gasteiger partial charge < -0.3 is 10.3 Å². The SMILES string of the molecule is Nc1cccc(Br)c1Cn1ccc2ccccc21. The first kappa shape index (κ1) is 11.4. The number of hydrogen-bond acceptors (Lipinski definition) is 1. The van der Waals surface area contributed by atoms with E-state index in [1.807, 2.05) is 18.2 Å². The Labute approximate surface area is 114 Å². The molecule has 2 N–H and O–H groups in total. The first-order valence-corrected chi connectivity index (χ1v) is 6.62. The minimum absolute atomic E-state index is 0.779. The molecule has 3 rings (SSSR count). The Morgan fingerprint density at radius 3 is 2.67 bits per heavy atom. The van der Waals surface area contributed by atoms with Gasteiger partial charge in [-0.05, 0) is 29.7 Å². The maximum atomic E-state index is 6.04. The highest BCUT2D eigenvalue weighted by Crippen LogP contribution is 2.25. The molecule has 0 aliphatic rings. The number of nitrogens with two attached hydrogens (primary N) is 1.